The van der Waals surface area contributed by atoms with Gasteiger partial charge in [0.1, 0.15) is 0 Å². The fraction of sp³-hybridized carbons (Fsp3) is 1.00. The smallest absolute Gasteiger partial charge is 0.313 e. The summed E-state index contributed by atoms with van der Waals surface area (Å²) in [6.45, 7) is 30.9. The Balaban J connectivity index is -0.000000139. The Kier molecular flexibility index (Phi) is 62.4. The van der Waals surface area contributed by atoms with E-state index in [1.165, 1.54) is 0 Å². The second-order valence-electron chi connectivity index (χ2n) is 5.98. The second kappa shape index (κ2) is 48.8. The Labute approximate surface area is 270 Å². The summed E-state index contributed by atoms with van der Waals surface area (Å²) in [6.07, 6.45) is 0. The molecule has 0 rings (SSSR count). The molecule has 258 valence electrons. The maximum atomic E-state index is 5.18. The SMILES string of the molecule is CCOP(OCC)OCC.CCOP(OCC)OCC.CCOP(OCC)OCC.CCO[PH+](OCC)OCC.[Pd]. The van der Waals surface area contributed by atoms with E-state index in [1.54, 1.807) is 0 Å². The first-order valence-corrected chi connectivity index (χ1v) is 18.7. The normalized spacial score (nSPS) is 10.5. The number of hydrogen-bond donors (Lipinski definition) is 0. The van der Waals surface area contributed by atoms with Gasteiger partial charge in [-0.3, -0.25) is 0 Å². The first kappa shape index (κ1) is 52.4. The maximum Gasteiger partial charge on any atom is 0.397 e. The van der Waals surface area contributed by atoms with Crippen LogP contribution in [0.3, 0.4) is 0 Å². The molecule has 17 heteroatoms. The van der Waals surface area contributed by atoms with E-state index >= 15 is 0 Å². The summed E-state index contributed by atoms with van der Waals surface area (Å²) in [7, 11) is -4.58. The number of rotatable bonds is 24. The monoisotopic (exact) mass is 771 g/mol. The van der Waals surface area contributed by atoms with Gasteiger partial charge in [-0.1, -0.05) is 0 Å². The van der Waals surface area contributed by atoms with Gasteiger partial charge in [0.15, 0.2) is 0 Å². The quantitative estimate of drug-likeness (QED) is 0.0690. The van der Waals surface area contributed by atoms with E-state index in [4.69, 9.17) is 54.3 Å². The second-order valence-corrected chi connectivity index (χ2v) is 11.0. The van der Waals surface area contributed by atoms with Crippen LogP contribution >= 0.6 is 34.4 Å². The van der Waals surface area contributed by atoms with E-state index in [-0.39, 0.29) is 20.4 Å². The molecule has 0 atom stereocenters. The summed E-state index contributed by atoms with van der Waals surface area (Å²) in [6, 6.07) is 0. The minimum Gasteiger partial charge on any atom is -0.313 e. The van der Waals surface area contributed by atoms with Gasteiger partial charge in [0.25, 0.3) is 0 Å². The van der Waals surface area contributed by atoms with Crippen molar-refractivity contribution in [2.24, 2.45) is 0 Å². The molecule has 0 aliphatic heterocycles. The standard InChI is InChI=1S/C6H16O3P.3C6H15O3P.Pd/c4*1-4-7-10(8-5-2)9-6-3;/h10H,4-6H2,1-3H3;3*4-6H2,1-3H3;/q+1;;;;. The van der Waals surface area contributed by atoms with Crippen LogP contribution in [0.25, 0.3) is 0 Å². The average molecular weight is 772 g/mol. The van der Waals surface area contributed by atoms with Crippen molar-refractivity contribution in [2.45, 2.75) is 83.1 Å². The molecule has 0 aromatic heterocycles. The molecule has 0 aliphatic rings. The zero-order valence-electron chi connectivity index (χ0n) is 27.5. The molecular formula is C24H61O12P4Pd+. The molecular weight excluding hydrogens is 711 g/mol. The molecule has 12 nitrogen and oxygen atoms in total. The van der Waals surface area contributed by atoms with E-state index in [0.717, 1.165) is 0 Å². The average Bonchev–Trinajstić information content (AvgIpc) is 2.92. The minimum atomic E-state index is -1.40. The maximum absolute atomic E-state index is 5.18. The van der Waals surface area contributed by atoms with Gasteiger partial charge in [0.2, 0.25) is 0 Å². The van der Waals surface area contributed by atoms with Gasteiger partial charge < -0.3 is 40.7 Å². The third-order valence-corrected chi connectivity index (χ3v) is 8.69. The third kappa shape index (κ3) is 46.4. The van der Waals surface area contributed by atoms with Crippen molar-refractivity contribution in [2.75, 3.05) is 79.3 Å². The molecule has 0 aromatic rings. The Morgan fingerprint density at radius 2 is 0.439 bits per heavy atom. The van der Waals surface area contributed by atoms with Crippen LogP contribution in [0.2, 0.25) is 0 Å². The van der Waals surface area contributed by atoms with Gasteiger partial charge in [-0.2, -0.15) is 13.6 Å². The zero-order chi connectivity index (χ0) is 31.3. The first-order chi connectivity index (χ1) is 19.4. The largest absolute Gasteiger partial charge is 0.397 e. The van der Waals surface area contributed by atoms with Crippen molar-refractivity contribution in [3.05, 3.63) is 0 Å². The van der Waals surface area contributed by atoms with Gasteiger partial charge in [0, 0.05) is 20.4 Å². The van der Waals surface area contributed by atoms with E-state index in [9.17, 15) is 0 Å². The Morgan fingerprint density at radius 1 is 0.293 bits per heavy atom. The van der Waals surface area contributed by atoms with Gasteiger partial charge >= 0.3 is 34.4 Å². The molecule has 0 spiro atoms. The predicted molar refractivity (Wildman–Crippen MR) is 169 cm³/mol. The van der Waals surface area contributed by atoms with Gasteiger partial charge in [-0.15, -0.1) is 0 Å². The van der Waals surface area contributed by atoms with Crippen molar-refractivity contribution >= 4 is 34.4 Å². The Morgan fingerprint density at radius 3 is 0.537 bits per heavy atom. The molecule has 0 saturated heterocycles. The van der Waals surface area contributed by atoms with Crippen molar-refractivity contribution < 1.29 is 74.7 Å². The molecule has 0 bridgehead atoms. The molecule has 0 fully saturated rings. The summed E-state index contributed by atoms with van der Waals surface area (Å²) >= 11 is 0. The van der Waals surface area contributed by atoms with Crippen LogP contribution in [0.1, 0.15) is 83.1 Å². The summed E-state index contributed by atoms with van der Waals surface area (Å²) in [5.41, 5.74) is 0. The van der Waals surface area contributed by atoms with Crippen molar-refractivity contribution in [3.8, 4) is 0 Å². The van der Waals surface area contributed by atoms with Gasteiger partial charge in [0.05, 0.1) is 79.3 Å². The molecule has 0 N–H and O–H groups in total. The molecule has 0 aliphatic carbocycles. The molecule has 0 radical (unpaired) electrons. The summed E-state index contributed by atoms with van der Waals surface area (Å²) < 4.78 is 61.8. The molecule has 0 saturated carbocycles. The minimum absolute atomic E-state index is 0. The van der Waals surface area contributed by atoms with Crippen molar-refractivity contribution in [1.82, 2.24) is 0 Å². The molecule has 0 unspecified atom stereocenters. The van der Waals surface area contributed by atoms with E-state index in [0.29, 0.717) is 79.3 Å². The van der Waals surface area contributed by atoms with Crippen LogP contribution in [0.15, 0.2) is 0 Å². The third-order valence-electron chi connectivity index (χ3n) is 2.90. The summed E-state index contributed by atoms with van der Waals surface area (Å²) in [5, 5.41) is 0. The Hall–Kier alpha value is 1.90. The van der Waals surface area contributed by atoms with Crippen LogP contribution in [0.5, 0.6) is 0 Å². The van der Waals surface area contributed by atoms with Crippen LogP contribution < -0.4 is 0 Å². The van der Waals surface area contributed by atoms with E-state index in [1.807, 2.05) is 83.1 Å². The fourth-order valence-electron chi connectivity index (χ4n) is 1.76. The van der Waals surface area contributed by atoms with Crippen molar-refractivity contribution in [1.29, 1.82) is 0 Å². The molecule has 0 aromatic carbocycles. The summed E-state index contributed by atoms with van der Waals surface area (Å²) in [5.74, 6) is 0. The summed E-state index contributed by atoms with van der Waals surface area (Å²) in [4.78, 5) is 0. The van der Waals surface area contributed by atoms with Crippen LogP contribution in [0.4, 0.5) is 0 Å². The topological polar surface area (TPSA) is 111 Å². The van der Waals surface area contributed by atoms with Crippen LogP contribution in [0, 0.1) is 0 Å². The molecule has 0 heterocycles. The first-order valence-electron chi connectivity index (χ1n) is 14.2. The van der Waals surface area contributed by atoms with E-state index in [2.05, 4.69) is 0 Å². The number of hydrogen-bond acceptors (Lipinski definition) is 12. The zero-order valence-corrected chi connectivity index (χ0v) is 32.8. The Bertz CT molecular complexity index is 302. The van der Waals surface area contributed by atoms with Gasteiger partial charge in [-0.05, 0) is 83.1 Å². The predicted octanol–water partition coefficient (Wildman–Crippen LogP) is 9.02. The fourth-order valence-corrected chi connectivity index (χ4v) is 5.29. The van der Waals surface area contributed by atoms with Gasteiger partial charge in [-0.25, -0.2) is 0 Å². The van der Waals surface area contributed by atoms with Crippen LogP contribution in [-0.4, -0.2) is 79.3 Å². The molecule has 41 heavy (non-hydrogen) atoms. The van der Waals surface area contributed by atoms with E-state index < -0.39 is 34.4 Å². The van der Waals surface area contributed by atoms with Crippen LogP contribution in [-0.2, 0) is 74.7 Å². The molecule has 0 amide bonds. The van der Waals surface area contributed by atoms with Crippen molar-refractivity contribution in [3.63, 3.8) is 0 Å².